The number of nitrogens with zero attached hydrogens (tertiary/aromatic N) is 4. The number of hydrogen-bond acceptors (Lipinski definition) is 6. The highest BCUT2D eigenvalue weighted by atomic mass is 16.5. The third kappa shape index (κ3) is 9.29. The molecule has 0 aromatic heterocycles. The first kappa shape index (κ1) is 24.2. The second-order valence-corrected chi connectivity index (χ2v) is 6.81. The Kier molecular flexibility index (Phi) is 11.2. The van der Waals surface area contributed by atoms with Gasteiger partial charge in [-0.15, -0.1) is 0 Å². The highest BCUT2D eigenvalue weighted by Crippen LogP contribution is 2.20. The molecule has 11 heteroatoms. The van der Waals surface area contributed by atoms with Gasteiger partial charge in [-0.1, -0.05) is 11.5 Å². The number of unbranched alkanes of at least 4 members (excludes halogenated alkanes) is 1. The number of nitrogens with one attached hydrogen (secondary N) is 1. The molecule has 162 valence electrons. The van der Waals surface area contributed by atoms with Crippen molar-refractivity contribution in [2.24, 2.45) is 11.0 Å². The standard InChI is InChI=1S/C18H29N5O6/c1-2-29-18(28)13-8-11-23(12-9-13)17(27)14(21-22-19)5-3-4-10-20-15(24)6-7-16(25)26/h13-14H,2-12H2,1H3,(H,20,24)(H,25,26)/t14-/m1/s1. The quantitative estimate of drug-likeness (QED) is 0.163. The lowest BCUT2D eigenvalue weighted by Gasteiger charge is -2.32. The third-order valence-electron chi connectivity index (χ3n) is 4.70. The summed E-state index contributed by atoms with van der Waals surface area (Å²) in [4.78, 5) is 50.7. The molecule has 0 aliphatic carbocycles. The molecule has 0 saturated carbocycles. The van der Waals surface area contributed by atoms with E-state index < -0.39 is 12.0 Å². The number of aliphatic carboxylic acids is 1. The zero-order valence-electron chi connectivity index (χ0n) is 16.7. The lowest BCUT2D eigenvalue weighted by atomic mass is 9.96. The van der Waals surface area contributed by atoms with Crippen molar-refractivity contribution < 1.29 is 29.0 Å². The zero-order chi connectivity index (χ0) is 21.6. The van der Waals surface area contributed by atoms with Crippen molar-refractivity contribution in [3.8, 4) is 0 Å². The van der Waals surface area contributed by atoms with E-state index >= 15 is 0 Å². The SMILES string of the molecule is CCOC(=O)C1CCN(C(=O)[C@@H](CCCCNC(=O)CCC(=O)O)N=[N+]=[N-])CC1. The van der Waals surface area contributed by atoms with Crippen LogP contribution >= 0.6 is 0 Å². The van der Waals surface area contributed by atoms with Crippen LogP contribution in [0.4, 0.5) is 0 Å². The van der Waals surface area contributed by atoms with Crippen LogP contribution in [-0.2, 0) is 23.9 Å². The van der Waals surface area contributed by atoms with E-state index in [9.17, 15) is 19.2 Å². The summed E-state index contributed by atoms with van der Waals surface area (Å²) in [6.07, 6.45) is 2.25. The minimum atomic E-state index is -1.03. The van der Waals surface area contributed by atoms with Crippen LogP contribution in [0.5, 0.6) is 0 Å². The van der Waals surface area contributed by atoms with Crippen LogP contribution in [0.25, 0.3) is 10.4 Å². The van der Waals surface area contributed by atoms with Gasteiger partial charge < -0.3 is 20.1 Å². The minimum Gasteiger partial charge on any atom is -0.481 e. The Morgan fingerprint density at radius 2 is 1.93 bits per heavy atom. The summed E-state index contributed by atoms with van der Waals surface area (Å²) >= 11 is 0. The fourth-order valence-corrected chi connectivity index (χ4v) is 3.10. The number of piperidine rings is 1. The molecule has 29 heavy (non-hydrogen) atoms. The maximum absolute atomic E-state index is 12.6. The predicted octanol–water partition coefficient (Wildman–Crippen LogP) is 1.62. The normalized spacial score (nSPS) is 15.1. The van der Waals surface area contributed by atoms with E-state index in [-0.39, 0.29) is 36.5 Å². The van der Waals surface area contributed by atoms with Crippen LogP contribution in [0.2, 0.25) is 0 Å². The number of amides is 2. The number of rotatable bonds is 12. The third-order valence-corrected chi connectivity index (χ3v) is 4.70. The van der Waals surface area contributed by atoms with E-state index in [0.29, 0.717) is 58.3 Å². The maximum atomic E-state index is 12.6. The molecule has 1 atom stereocenters. The van der Waals surface area contributed by atoms with Gasteiger partial charge in [-0.25, -0.2) is 0 Å². The van der Waals surface area contributed by atoms with E-state index in [1.807, 2.05) is 0 Å². The molecular formula is C18H29N5O6. The molecule has 0 spiro atoms. The molecule has 0 aromatic rings. The average molecular weight is 411 g/mol. The highest BCUT2D eigenvalue weighted by molar-refractivity contribution is 5.82. The lowest BCUT2D eigenvalue weighted by Crippen LogP contribution is -2.44. The van der Waals surface area contributed by atoms with Gasteiger partial charge in [0.05, 0.1) is 18.9 Å². The van der Waals surface area contributed by atoms with Gasteiger partial charge in [0.15, 0.2) is 0 Å². The second-order valence-electron chi connectivity index (χ2n) is 6.81. The summed E-state index contributed by atoms with van der Waals surface area (Å²) in [6.45, 7) is 3.28. The molecule has 1 saturated heterocycles. The molecule has 0 radical (unpaired) electrons. The number of hydrogen-bond donors (Lipinski definition) is 2. The Morgan fingerprint density at radius 1 is 1.24 bits per heavy atom. The maximum Gasteiger partial charge on any atom is 0.309 e. The van der Waals surface area contributed by atoms with Crippen molar-refractivity contribution in [2.75, 3.05) is 26.2 Å². The lowest BCUT2D eigenvalue weighted by molar-refractivity contribution is -0.151. The predicted molar refractivity (Wildman–Crippen MR) is 103 cm³/mol. The van der Waals surface area contributed by atoms with Crippen molar-refractivity contribution in [1.29, 1.82) is 0 Å². The van der Waals surface area contributed by atoms with Crippen LogP contribution in [-0.4, -0.2) is 66.0 Å². The smallest absolute Gasteiger partial charge is 0.309 e. The fourth-order valence-electron chi connectivity index (χ4n) is 3.10. The Morgan fingerprint density at radius 3 is 2.52 bits per heavy atom. The van der Waals surface area contributed by atoms with E-state index in [1.54, 1.807) is 11.8 Å². The summed E-state index contributed by atoms with van der Waals surface area (Å²) in [6, 6.07) is -0.818. The van der Waals surface area contributed by atoms with Crippen molar-refractivity contribution in [2.45, 2.75) is 57.9 Å². The van der Waals surface area contributed by atoms with Crippen LogP contribution in [0.3, 0.4) is 0 Å². The van der Waals surface area contributed by atoms with Crippen LogP contribution in [0.15, 0.2) is 5.11 Å². The molecule has 1 aliphatic heterocycles. The van der Waals surface area contributed by atoms with Gasteiger partial charge in [0.1, 0.15) is 6.04 Å². The van der Waals surface area contributed by atoms with Gasteiger partial charge in [-0.2, -0.15) is 0 Å². The largest absolute Gasteiger partial charge is 0.481 e. The molecule has 0 unspecified atom stereocenters. The van der Waals surface area contributed by atoms with Crippen LogP contribution in [0, 0.1) is 5.92 Å². The topological polar surface area (TPSA) is 162 Å². The van der Waals surface area contributed by atoms with Gasteiger partial charge in [0.25, 0.3) is 0 Å². The van der Waals surface area contributed by atoms with E-state index in [4.69, 9.17) is 15.4 Å². The first-order valence-corrected chi connectivity index (χ1v) is 9.87. The number of ether oxygens (including phenoxy) is 1. The van der Waals surface area contributed by atoms with Gasteiger partial charge in [-0.3, -0.25) is 19.2 Å². The van der Waals surface area contributed by atoms with Crippen LogP contribution < -0.4 is 5.32 Å². The molecule has 1 fully saturated rings. The summed E-state index contributed by atoms with van der Waals surface area (Å²) < 4.78 is 5.01. The molecule has 0 bridgehead atoms. The van der Waals surface area contributed by atoms with Gasteiger partial charge in [0.2, 0.25) is 11.8 Å². The number of azide groups is 1. The summed E-state index contributed by atoms with van der Waals surface area (Å²) in [5, 5.41) is 14.8. The van der Waals surface area contributed by atoms with Crippen molar-refractivity contribution in [3.63, 3.8) is 0 Å². The molecule has 1 rings (SSSR count). The average Bonchev–Trinajstić information content (AvgIpc) is 2.71. The van der Waals surface area contributed by atoms with Crippen molar-refractivity contribution in [1.82, 2.24) is 10.2 Å². The Balaban J connectivity index is 2.36. The summed E-state index contributed by atoms with van der Waals surface area (Å²) in [5.41, 5.74) is 8.76. The summed E-state index contributed by atoms with van der Waals surface area (Å²) in [5.74, 6) is -2.06. The molecule has 0 aromatic carbocycles. The second kappa shape index (κ2) is 13.4. The van der Waals surface area contributed by atoms with Gasteiger partial charge >= 0.3 is 11.9 Å². The first-order chi connectivity index (χ1) is 13.9. The summed E-state index contributed by atoms with van der Waals surface area (Å²) in [7, 11) is 0. The zero-order valence-corrected chi connectivity index (χ0v) is 16.7. The Hall–Kier alpha value is -2.81. The molecule has 2 amide bonds. The minimum absolute atomic E-state index is 0.0725. The number of carboxylic acid groups (broad SMARTS) is 1. The van der Waals surface area contributed by atoms with E-state index in [0.717, 1.165) is 0 Å². The number of esters is 1. The van der Waals surface area contributed by atoms with Crippen molar-refractivity contribution in [3.05, 3.63) is 10.4 Å². The number of likely N-dealkylation sites (tertiary alicyclic amines) is 1. The molecular weight excluding hydrogens is 382 g/mol. The highest BCUT2D eigenvalue weighted by Gasteiger charge is 2.30. The monoisotopic (exact) mass is 411 g/mol. The first-order valence-electron chi connectivity index (χ1n) is 9.87. The fraction of sp³-hybridized carbons (Fsp3) is 0.778. The number of carbonyl (C=O) groups is 4. The van der Waals surface area contributed by atoms with E-state index in [1.165, 1.54) is 0 Å². The number of carboxylic acids is 1. The Bertz CT molecular complexity index is 626. The number of carbonyl (C=O) groups excluding carboxylic acids is 3. The van der Waals surface area contributed by atoms with Crippen LogP contribution in [0.1, 0.15) is 51.9 Å². The van der Waals surface area contributed by atoms with Gasteiger partial charge in [0, 0.05) is 31.0 Å². The molecule has 1 heterocycles. The van der Waals surface area contributed by atoms with Gasteiger partial charge in [-0.05, 0) is 38.1 Å². The molecule has 1 aliphatic rings. The van der Waals surface area contributed by atoms with E-state index in [2.05, 4.69) is 15.3 Å². The van der Waals surface area contributed by atoms with Crippen molar-refractivity contribution >= 4 is 23.8 Å². The Labute approximate surface area is 169 Å². The molecule has 2 N–H and O–H groups in total. The molecule has 11 nitrogen and oxygen atoms in total.